The summed E-state index contributed by atoms with van der Waals surface area (Å²) in [5.74, 6) is 0.189. The maximum atomic E-state index is 12.6. The summed E-state index contributed by atoms with van der Waals surface area (Å²) in [6, 6.07) is 21.7. The van der Waals surface area contributed by atoms with Gasteiger partial charge in [0, 0.05) is 31.3 Å². The molecule has 0 aliphatic rings. The molecule has 2 N–H and O–H groups in total. The number of fused-ring (bicyclic) bond motifs is 1. The number of carbonyl (C=O) groups excluding carboxylic acids is 1. The number of carbonyl (C=O) groups is 1. The van der Waals surface area contributed by atoms with Crippen LogP contribution in [0.1, 0.15) is 27.3 Å². The third-order valence-electron chi connectivity index (χ3n) is 5.49. The Kier molecular flexibility index (Phi) is 6.28. The van der Waals surface area contributed by atoms with Gasteiger partial charge in [-0.05, 0) is 41.5 Å². The van der Waals surface area contributed by atoms with Crippen LogP contribution in [-0.2, 0) is 17.4 Å². The van der Waals surface area contributed by atoms with Crippen LogP contribution >= 0.6 is 11.6 Å². The summed E-state index contributed by atoms with van der Waals surface area (Å²) in [6.45, 7) is 0.815. The maximum absolute atomic E-state index is 12.6. The monoisotopic (exact) mass is 449 g/mol. The highest BCUT2D eigenvalue weighted by Crippen LogP contribution is 2.37. The largest absolute Gasteiger partial charge is 0.383 e. The Hall–Kier alpha value is -3.19. The number of aryl methyl sites for hydroxylation is 1. The zero-order valence-electron chi connectivity index (χ0n) is 17.9. The summed E-state index contributed by atoms with van der Waals surface area (Å²) in [4.78, 5) is 17.4. The topological polar surface area (TPSA) is 76.4 Å². The van der Waals surface area contributed by atoms with Gasteiger partial charge in [0.2, 0.25) is 0 Å². The standard InChI is InChI=1S/C25H24ClN3O3/c1-29-22-16-20(26)11-12-21(22)28-24(29)25(31,18-8-4-3-5-9-18)19-10-6-7-17(15-19)23(30)27-13-14-32-2/h3-12,15-16,31H,13-14H2,1-2H3,(H,27,30). The molecule has 1 aromatic heterocycles. The number of ether oxygens (including phenoxy) is 1. The first-order valence-corrected chi connectivity index (χ1v) is 10.6. The molecule has 0 radical (unpaired) electrons. The number of amides is 1. The van der Waals surface area contributed by atoms with Gasteiger partial charge in [-0.2, -0.15) is 0 Å². The number of nitrogens with one attached hydrogen (secondary N) is 1. The Labute approximate surface area is 191 Å². The summed E-state index contributed by atoms with van der Waals surface area (Å²) in [5.41, 5.74) is 1.54. The van der Waals surface area contributed by atoms with Crippen LogP contribution in [0.25, 0.3) is 11.0 Å². The van der Waals surface area contributed by atoms with Crippen molar-refractivity contribution in [2.75, 3.05) is 20.3 Å². The fourth-order valence-electron chi connectivity index (χ4n) is 3.84. The van der Waals surface area contributed by atoms with Crippen LogP contribution < -0.4 is 5.32 Å². The van der Waals surface area contributed by atoms with E-state index in [4.69, 9.17) is 21.3 Å². The zero-order valence-corrected chi connectivity index (χ0v) is 18.6. The highest BCUT2D eigenvalue weighted by molar-refractivity contribution is 6.31. The number of imidazole rings is 1. The van der Waals surface area contributed by atoms with Gasteiger partial charge in [0.05, 0.1) is 17.6 Å². The van der Waals surface area contributed by atoms with Gasteiger partial charge in [-0.25, -0.2) is 4.98 Å². The minimum absolute atomic E-state index is 0.240. The first kappa shape index (κ1) is 22.0. The number of benzene rings is 3. The van der Waals surface area contributed by atoms with Crippen LogP contribution in [-0.4, -0.2) is 40.8 Å². The fourth-order valence-corrected chi connectivity index (χ4v) is 4.01. The van der Waals surface area contributed by atoms with E-state index in [1.54, 1.807) is 37.4 Å². The highest BCUT2D eigenvalue weighted by Gasteiger charge is 2.38. The first-order valence-electron chi connectivity index (χ1n) is 10.2. The Morgan fingerprint density at radius 3 is 2.59 bits per heavy atom. The van der Waals surface area contributed by atoms with E-state index in [0.717, 1.165) is 11.0 Å². The Balaban J connectivity index is 1.87. The van der Waals surface area contributed by atoms with Crippen molar-refractivity contribution in [1.29, 1.82) is 0 Å². The second kappa shape index (κ2) is 9.12. The Morgan fingerprint density at radius 1 is 1.09 bits per heavy atom. The van der Waals surface area contributed by atoms with E-state index in [-0.39, 0.29) is 5.91 Å². The first-order chi connectivity index (χ1) is 15.4. The lowest BCUT2D eigenvalue weighted by molar-refractivity contribution is 0.0935. The molecule has 7 heteroatoms. The molecule has 4 aromatic rings. The molecular weight excluding hydrogens is 426 g/mol. The molecule has 1 amide bonds. The van der Waals surface area contributed by atoms with Gasteiger partial charge in [-0.1, -0.05) is 54.1 Å². The van der Waals surface area contributed by atoms with E-state index in [1.807, 2.05) is 54.1 Å². The van der Waals surface area contributed by atoms with Gasteiger partial charge in [0.1, 0.15) is 0 Å². The molecule has 0 saturated carbocycles. The van der Waals surface area contributed by atoms with E-state index in [1.165, 1.54) is 0 Å². The highest BCUT2D eigenvalue weighted by atomic mass is 35.5. The second-order valence-corrected chi connectivity index (χ2v) is 7.97. The van der Waals surface area contributed by atoms with Gasteiger partial charge in [0.15, 0.2) is 11.4 Å². The predicted octanol–water partition coefficient (Wildman–Crippen LogP) is 3.89. The normalized spacial score (nSPS) is 13.1. The van der Waals surface area contributed by atoms with Gasteiger partial charge >= 0.3 is 0 Å². The Morgan fingerprint density at radius 2 is 1.84 bits per heavy atom. The lowest BCUT2D eigenvalue weighted by atomic mass is 9.84. The molecule has 0 aliphatic carbocycles. The number of halogens is 1. The molecule has 6 nitrogen and oxygen atoms in total. The van der Waals surface area contributed by atoms with Crippen molar-refractivity contribution >= 4 is 28.5 Å². The van der Waals surface area contributed by atoms with E-state index in [2.05, 4.69) is 5.32 Å². The lowest BCUT2D eigenvalue weighted by Crippen LogP contribution is -2.33. The average Bonchev–Trinajstić information content (AvgIpc) is 3.15. The summed E-state index contributed by atoms with van der Waals surface area (Å²) < 4.78 is 6.83. The smallest absolute Gasteiger partial charge is 0.251 e. The van der Waals surface area contributed by atoms with E-state index in [9.17, 15) is 9.90 Å². The van der Waals surface area contributed by atoms with Crippen molar-refractivity contribution in [3.05, 3.63) is 100 Å². The van der Waals surface area contributed by atoms with Crippen molar-refractivity contribution in [1.82, 2.24) is 14.9 Å². The van der Waals surface area contributed by atoms with Gasteiger partial charge < -0.3 is 19.7 Å². The molecule has 3 aromatic carbocycles. The summed E-state index contributed by atoms with van der Waals surface area (Å²) in [7, 11) is 3.42. The molecule has 0 bridgehead atoms. The Bertz CT molecular complexity index is 1260. The zero-order chi connectivity index (χ0) is 22.7. The van der Waals surface area contributed by atoms with Crippen LogP contribution in [0.15, 0.2) is 72.8 Å². The van der Waals surface area contributed by atoms with Gasteiger partial charge in [-0.15, -0.1) is 0 Å². The SMILES string of the molecule is COCCNC(=O)c1cccc(C(O)(c2ccccc2)c2nc3ccc(Cl)cc3n2C)c1. The molecule has 1 unspecified atom stereocenters. The van der Waals surface area contributed by atoms with Crippen molar-refractivity contribution in [3.8, 4) is 0 Å². The number of hydrogen-bond acceptors (Lipinski definition) is 4. The molecule has 1 heterocycles. The third kappa shape index (κ3) is 4.00. The molecule has 4 rings (SSSR count). The summed E-state index contributed by atoms with van der Waals surface area (Å²) in [5, 5.41) is 15.6. The van der Waals surface area contributed by atoms with Crippen LogP contribution in [0.5, 0.6) is 0 Å². The summed E-state index contributed by atoms with van der Waals surface area (Å²) in [6.07, 6.45) is 0. The van der Waals surface area contributed by atoms with Crippen molar-refractivity contribution in [3.63, 3.8) is 0 Å². The van der Waals surface area contributed by atoms with Crippen molar-refractivity contribution in [2.45, 2.75) is 5.60 Å². The number of aromatic nitrogens is 2. The second-order valence-electron chi connectivity index (χ2n) is 7.53. The maximum Gasteiger partial charge on any atom is 0.251 e. The number of nitrogens with zero attached hydrogens (tertiary/aromatic N) is 2. The van der Waals surface area contributed by atoms with Crippen LogP contribution in [0.2, 0.25) is 5.02 Å². The van der Waals surface area contributed by atoms with Crippen molar-refractivity contribution in [2.24, 2.45) is 7.05 Å². The van der Waals surface area contributed by atoms with E-state index in [0.29, 0.717) is 40.7 Å². The predicted molar refractivity (Wildman–Crippen MR) is 125 cm³/mol. The molecule has 0 spiro atoms. The third-order valence-corrected chi connectivity index (χ3v) is 5.73. The van der Waals surface area contributed by atoms with E-state index < -0.39 is 5.60 Å². The lowest BCUT2D eigenvalue weighted by Gasteiger charge is -2.29. The fraction of sp³-hybridized carbons (Fsp3) is 0.200. The number of hydrogen-bond donors (Lipinski definition) is 2. The number of methoxy groups -OCH3 is 1. The molecule has 0 fully saturated rings. The van der Waals surface area contributed by atoms with Crippen LogP contribution in [0.4, 0.5) is 0 Å². The minimum atomic E-state index is -1.59. The number of rotatable bonds is 7. The molecule has 0 aliphatic heterocycles. The van der Waals surface area contributed by atoms with Crippen molar-refractivity contribution < 1.29 is 14.6 Å². The van der Waals surface area contributed by atoms with Crippen LogP contribution in [0.3, 0.4) is 0 Å². The molecule has 1 atom stereocenters. The summed E-state index contributed by atoms with van der Waals surface area (Å²) >= 11 is 6.20. The molecule has 164 valence electrons. The van der Waals surface area contributed by atoms with Crippen LogP contribution in [0, 0.1) is 0 Å². The average molecular weight is 450 g/mol. The minimum Gasteiger partial charge on any atom is -0.383 e. The van der Waals surface area contributed by atoms with Gasteiger partial charge in [0.25, 0.3) is 5.91 Å². The van der Waals surface area contributed by atoms with Gasteiger partial charge in [-0.3, -0.25) is 4.79 Å². The quantitative estimate of drug-likeness (QED) is 0.420. The molecular formula is C25H24ClN3O3. The molecule has 0 saturated heterocycles. The van der Waals surface area contributed by atoms with E-state index >= 15 is 0 Å². The number of aliphatic hydroxyl groups is 1. The molecule has 32 heavy (non-hydrogen) atoms.